The van der Waals surface area contributed by atoms with Crippen molar-refractivity contribution in [2.75, 3.05) is 6.66 Å². The van der Waals surface area contributed by atoms with E-state index >= 15 is 0 Å². The van der Waals surface area contributed by atoms with Crippen LogP contribution in [0.4, 0.5) is 0 Å². The average molecular weight is 188 g/mol. The highest BCUT2D eigenvalue weighted by Gasteiger charge is 2.24. The van der Waals surface area contributed by atoms with Crippen LogP contribution in [0, 0.1) is 17.8 Å². The fraction of sp³-hybridized carbons (Fsp3) is 1.00. The molecular formula is C11H25P. The van der Waals surface area contributed by atoms with Gasteiger partial charge in [-0.15, -0.1) is 8.58 Å². The SMILES string of the molecule is CCC(C)C(C(C)C)C(C)PC. The molecule has 0 saturated heterocycles. The Morgan fingerprint density at radius 2 is 1.58 bits per heavy atom. The third kappa shape index (κ3) is 3.44. The van der Waals surface area contributed by atoms with Crippen molar-refractivity contribution < 1.29 is 0 Å². The zero-order valence-corrected chi connectivity index (χ0v) is 10.5. The van der Waals surface area contributed by atoms with Crippen molar-refractivity contribution in [3.63, 3.8) is 0 Å². The molecule has 0 radical (unpaired) electrons. The van der Waals surface area contributed by atoms with E-state index in [1.165, 1.54) is 6.42 Å². The molecule has 0 aliphatic heterocycles. The van der Waals surface area contributed by atoms with Gasteiger partial charge in [-0.1, -0.05) is 41.0 Å². The minimum atomic E-state index is 0.849. The third-order valence-electron chi connectivity index (χ3n) is 3.10. The Balaban J connectivity index is 4.21. The van der Waals surface area contributed by atoms with Gasteiger partial charge in [0.05, 0.1) is 0 Å². The molecule has 0 aromatic carbocycles. The van der Waals surface area contributed by atoms with E-state index in [2.05, 4.69) is 41.3 Å². The quantitative estimate of drug-likeness (QED) is 0.572. The maximum absolute atomic E-state index is 2.41. The summed E-state index contributed by atoms with van der Waals surface area (Å²) in [4.78, 5) is 0. The monoisotopic (exact) mass is 188 g/mol. The van der Waals surface area contributed by atoms with Gasteiger partial charge in [0.2, 0.25) is 0 Å². The van der Waals surface area contributed by atoms with Gasteiger partial charge in [-0.3, -0.25) is 0 Å². The summed E-state index contributed by atoms with van der Waals surface area (Å²) in [5, 5.41) is 0. The third-order valence-corrected chi connectivity index (χ3v) is 4.40. The van der Waals surface area contributed by atoms with E-state index in [4.69, 9.17) is 0 Å². The van der Waals surface area contributed by atoms with Gasteiger partial charge in [-0.2, -0.15) is 0 Å². The van der Waals surface area contributed by atoms with Crippen LogP contribution < -0.4 is 0 Å². The van der Waals surface area contributed by atoms with Crippen LogP contribution >= 0.6 is 8.58 Å². The van der Waals surface area contributed by atoms with E-state index in [0.29, 0.717) is 0 Å². The average Bonchev–Trinajstić information content (AvgIpc) is 2.03. The van der Waals surface area contributed by atoms with E-state index in [-0.39, 0.29) is 0 Å². The summed E-state index contributed by atoms with van der Waals surface area (Å²) < 4.78 is 0. The molecule has 4 atom stereocenters. The van der Waals surface area contributed by atoms with Crippen LogP contribution in [0.25, 0.3) is 0 Å². The van der Waals surface area contributed by atoms with Crippen molar-refractivity contribution in [3.8, 4) is 0 Å². The van der Waals surface area contributed by atoms with Crippen LogP contribution in [0.1, 0.15) is 41.0 Å². The molecule has 0 amide bonds. The van der Waals surface area contributed by atoms with Crippen LogP contribution in [0.5, 0.6) is 0 Å². The molecule has 0 spiro atoms. The Bertz CT molecular complexity index is 99.6. The minimum absolute atomic E-state index is 0.849. The molecule has 0 rings (SSSR count). The lowest BCUT2D eigenvalue weighted by Crippen LogP contribution is -2.25. The predicted octanol–water partition coefficient (Wildman–Crippen LogP) is 4.00. The molecule has 0 aromatic heterocycles. The Hall–Kier alpha value is 0.430. The van der Waals surface area contributed by atoms with Crippen molar-refractivity contribution in [2.45, 2.75) is 46.7 Å². The Morgan fingerprint density at radius 1 is 1.08 bits per heavy atom. The molecule has 0 N–H and O–H groups in total. The fourth-order valence-electron chi connectivity index (χ4n) is 2.19. The van der Waals surface area contributed by atoms with E-state index in [1.807, 2.05) is 0 Å². The topological polar surface area (TPSA) is 0 Å². The normalized spacial score (nSPS) is 20.2. The van der Waals surface area contributed by atoms with Crippen LogP contribution in [0.15, 0.2) is 0 Å². The van der Waals surface area contributed by atoms with E-state index < -0.39 is 0 Å². The summed E-state index contributed by atoms with van der Waals surface area (Å²) in [6.45, 7) is 14.2. The highest BCUT2D eigenvalue weighted by Crippen LogP contribution is 2.34. The maximum Gasteiger partial charge on any atom is -0.0234 e. The molecule has 12 heavy (non-hydrogen) atoms. The van der Waals surface area contributed by atoms with Gasteiger partial charge in [0.1, 0.15) is 0 Å². The summed E-state index contributed by atoms with van der Waals surface area (Å²) in [5.41, 5.74) is 0.917. The lowest BCUT2D eigenvalue weighted by Gasteiger charge is -2.31. The Labute approximate surface area is 80.3 Å². The predicted molar refractivity (Wildman–Crippen MR) is 61.5 cm³/mol. The molecule has 0 aliphatic carbocycles. The van der Waals surface area contributed by atoms with Gasteiger partial charge in [-0.05, 0) is 30.1 Å². The molecule has 0 aliphatic rings. The van der Waals surface area contributed by atoms with E-state index in [1.54, 1.807) is 0 Å². The standard InChI is InChI=1S/C11H25P/c1-7-9(4)11(8(2)3)10(5)12-6/h8-12H,7H2,1-6H3. The fourth-order valence-corrected chi connectivity index (χ4v) is 3.29. The number of hydrogen-bond donors (Lipinski definition) is 0. The van der Waals surface area contributed by atoms with Crippen molar-refractivity contribution >= 4 is 8.58 Å². The van der Waals surface area contributed by atoms with Gasteiger partial charge in [-0.25, -0.2) is 0 Å². The lowest BCUT2D eigenvalue weighted by atomic mass is 9.81. The zero-order chi connectivity index (χ0) is 9.72. The molecule has 0 fully saturated rings. The summed E-state index contributed by atoms with van der Waals surface area (Å²) >= 11 is 0. The molecule has 0 nitrogen and oxygen atoms in total. The Morgan fingerprint density at radius 3 is 1.83 bits per heavy atom. The summed E-state index contributed by atoms with van der Waals surface area (Å²) in [5.74, 6) is 2.67. The van der Waals surface area contributed by atoms with Gasteiger partial charge in [0, 0.05) is 0 Å². The van der Waals surface area contributed by atoms with E-state index in [9.17, 15) is 0 Å². The van der Waals surface area contributed by atoms with Gasteiger partial charge in [0.15, 0.2) is 0 Å². The smallest absolute Gasteiger partial charge is 0.0234 e. The van der Waals surface area contributed by atoms with Crippen LogP contribution in [-0.4, -0.2) is 12.3 Å². The lowest BCUT2D eigenvalue weighted by molar-refractivity contribution is 0.262. The highest BCUT2D eigenvalue weighted by atomic mass is 31.1. The second kappa shape index (κ2) is 5.97. The van der Waals surface area contributed by atoms with Crippen molar-refractivity contribution in [2.24, 2.45) is 17.8 Å². The second-order valence-electron chi connectivity index (χ2n) is 4.28. The van der Waals surface area contributed by atoms with Crippen molar-refractivity contribution in [1.82, 2.24) is 0 Å². The first kappa shape index (κ1) is 12.4. The van der Waals surface area contributed by atoms with Crippen molar-refractivity contribution in [1.29, 1.82) is 0 Å². The van der Waals surface area contributed by atoms with Gasteiger partial charge >= 0.3 is 0 Å². The molecule has 74 valence electrons. The van der Waals surface area contributed by atoms with Crippen LogP contribution in [-0.2, 0) is 0 Å². The van der Waals surface area contributed by atoms with E-state index in [0.717, 1.165) is 32.0 Å². The number of rotatable bonds is 5. The van der Waals surface area contributed by atoms with Crippen molar-refractivity contribution in [3.05, 3.63) is 0 Å². The zero-order valence-electron chi connectivity index (χ0n) is 9.52. The first-order chi connectivity index (χ1) is 5.54. The Kier molecular flexibility index (Phi) is 6.19. The minimum Gasteiger partial charge on any atom is -0.122 e. The number of hydrogen-bond acceptors (Lipinski definition) is 0. The molecule has 1 heteroatoms. The molecule has 0 heterocycles. The summed E-state index contributed by atoms with van der Waals surface area (Å²) in [6.07, 6.45) is 1.33. The summed E-state index contributed by atoms with van der Waals surface area (Å²) in [6, 6.07) is 0. The summed E-state index contributed by atoms with van der Waals surface area (Å²) in [7, 11) is 1.10. The van der Waals surface area contributed by atoms with Crippen LogP contribution in [0.2, 0.25) is 0 Å². The van der Waals surface area contributed by atoms with Crippen LogP contribution in [0.3, 0.4) is 0 Å². The molecule has 0 aromatic rings. The molecule has 4 unspecified atom stereocenters. The first-order valence-electron chi connectivity index (χ1n) is 5.21. The molecular weight excluding hydrogens is 163 g/mol. The molecule has 0 bridgehead atoms. The maximum atomic E-state index is 2.41. The second-order valence-corrected chi connectivity index (χ2v) is 5.77. The van der Waals surface area contributed by atoms with Gasteiger partial charge in [0.25, 0.3) is 0 Å². The highest BCUT2D eigenvalue weighted by molar-refractivity contribution is 7.37. The molecule has 0 saturated carbocycles. The van der Waals surface area contributed by atoms with Gasteiger partial charge < -0.3 is 0 Å². The first-order valence-corrected chi connectivity index (χ1v) is 6.79. The largest absolute Gasteiger partial charge is 0.122 e.